The van der Waals surface area contributed by atoms with Crippen LogP contribution in [0.15, 0.2) is 42.5 Å². The number of hydrogen-bond donors (Lipinski definition) is 0. The molecule has 0 N–H and O–H groups in total. The minimum Gasteiger partial charge on any atom is -0.494 e. The van der Waals surface area contributed by atoms with Crippen molar-refractivity contribution < 1.29 is 18.7 Å². The molecule has 0 spiro atoms. The predicted molar refractivity (Wildman–Crippen MR) is 95.9 cm³/mol. The number of amides is 1. The summed E-state index contributed by atoms with van der Waals surface area (Å²) in [5, 5.41) is 0.648. The molecule has 6 heteroatoms. The van der Waals surface area contributed by atoms with Crippen molar-refractivity contribution in [2.24, 2.45) is 0 Å². The number of carbonyl (C=O) groups excluding carboxylic acids is 1. The Morgan fingerprint density at radius 3 is 2.56 bits per heavy atom. The Hall–Kier alpha value is -2.27. The summed E-state index contributed by atoms with van der Waals surface area (Å²) in [7, 11) is 3.14. The Labute approximate surface area is 152 Å². The number of halogens is 2. The molecule has 0 saturated carbocycles. The van der Waals surface area contributed by atoms with Crippen LogP contribution >= 0.6 is 11.6 Å². The van der Waals surface area contributed by atoms with E-state index in [2.05, 4.69) is 0 Å². The van der Waals surface area contributed by atoms with Gasteiger partial charge in [-0.3, -0.25) is 4.79 Å². The van der Waals surface area contributed by atoms with Crippen molar-refractivity contribution in [3.8, 4) is 11.5 Å². The summed E-state index contributed by atoms with van der Waals surface area (Å²) in [5.74, 6) is 0.471. The Morgan fingerprint density at radius 2 is 1.92 bits per heavy atom. The van der Waals surface area contributed by atoms with E-state index in [9.17, 15) is 9.18 Å². The van der Waals surface area contributed by atoms with Crippen LogP contribution in [0.1, 0.15) is 12.0 Å². The Bertz CT molecular complexity index is 706. The van der Waals surface area contributed by atoms with Gasteiger partial charge in [-0.15, -0.1) is 0 Å². The van der Waals surface area contributed by atoms with E-state index in [4.69, 9.17) is 21.1 Å². The predicted octanol–water partition coefficient (Wildman–Crippen LogP) is 3.96. The Morgan fingerprint density at radius 1 is 1.20 bits per heavy atom. The lowest BCUT2D eigenvalue weighted by molar-refractivity contribution is -0.130. The van der Waals surface area contributed by atoms with E-state index in [0.717, 1.165) is 5.56 Å². The van der Waals surface area contributed by atoms with Gasteiger partial charge < -0.3 is 14.4 Å². The molecule has 0 aromatic heterocycles. The normalized spacial score (nSPS) is 10.4. The van der Waals surface area contributed by atoms with Crippen LogP contribution in [0.3, 0.4) is 0 Å². The molecule has 1 amide bonds. The topological polar surface area (TPSA) is 38.8 Å². The molecule has 0 radical (unpaired) electrons. The van der Waals surface area contributed by atoms with Crippen LogP contribution in [-0.2, 0) is 11.2 Å². The molecule has 25 heavy (non-hydrogen) atoms. The van der Waals surface area contributed by atoms with Crippen molar-refractivity contribution in [3.63, 3.8) is 0 Å². The molecule has 0 aliphatic rings. The lowest BCUT2D eigenvalue weighted by atomic mass is 10.1. The molecule has 0 unspecified atom stereocenters. The number of nitrogens with zero attached hydrogens (tertiary/aromatic N) is 1. The molecular formula is C19H21ClFNO3. The van der Waals surface area contributed by atoms with Gasteiger partial charge in [0.15, 0.2) is 11.6 Å². The third kappa shape index (κ3) is 5.94. The highest BCUT2D eigenvalue weighted by Gasteiger charge is 2.10. The van der Waals surface area contributed by atoms with Crippen LogP contribution in [-0.4, -0.2) is 38.1 Å². The number of carbonyl (C=O) groups is 1. The number of methoxy groups -OCH3 is 1. The first kappa shape index (κ1) is 19.1. The number of likely N-dealkylation sites (N-methyl/N-ethyl adjacent to an activating group) is 1. The van der Waals surface area contributed by atoms with Gasteiger partial charge >= 0.3 is 0 Å². The van der Waals surface area contributed by atoms with Crippen LogP contribution in [0.2, 0.25) is 5.02 Å². The van der Waals surface area contributed by atoms with Crippen LogP contribution in [0.25, 0.3) is 0 Å². The molecule has 0 aliphatic heterocycles. The Balaban J connectivity index is 1.74. The Kier molecular flexibility index (Phi) is 7.07. The summed E-state index contributed by atoms with van der Waals surface area (Å²) in [6.45, 7) is 0.861. The molecule has 4 nitrogen and oxygen atoms in total. The fraction of sp³-hybridized carbons (Fsp3) is 0.316. The van der Waals surface area contributed by atoms with Gasteiger partial charge in [0.25, 0.3) is 0 Å². The van der Waals surface area contributed by atoms with Gasteiger partial charge in [-0.2, -0.15) is 0 Å². The zero-order valence-electron chi connectivity index (χ0n) is 14.3. The number of rotatable bonds is 8. The molecule has 0 aliphatic carbocycles. The van der Waals surface area contributed by atoms with Crippen LogP contribution in [0.4, 0.5) is 4.39 Å². The summed E-state index contributed by atoms with van der Waals surface area (Å²) in [6.07, 6.45) is 0.783. The quantitative estimate of drug-likeness (QED) is 0.710. The summed E-state index contributed by atoms with van der Waals surface area (Å²) in [5.41, 5.74) is 0.762. The molecule has 0 bridgehead atoms. The zero-order valence-corrected chi connectivity index (χ0v) is 15.1. The monoisotopic (exact) mass is 365 g/mol. The van der Waals surface area contributed by atoms with E-state index in [1.165, 1.54) is 13.2 Å². The fourth-order valence-corrected chi connectivity index (χ4v) is 2.39. The standard InChI is InChI=1S/C19H21ClFNO3/c1-22(11-12-25-16-7-5-15(20)6-8-16)19(23)10-4-14-3-9-18(24-2)17(21)13-14/h3,5-9,13H,4,10-12H2,1-2H3. The van der Waals surface area contributed by atoms with Crippen molar-refractivity contribution in [1.82, 2.24) is 4.90 Å². The SMILES string of the molecule is COc1ccc(CCC(=O)N(C)CCOc2ccc(Cl)cc2)cc1F. The van der Waals surface area contributed by atoms with E-state index in [-0.39, 0.29) is 11.7 Å². The number of benzene rings is 2. The number of aryl methyl sites for hydroxylation is 1. The molecule has 2 rings (SSSR count). The molecular weight excluding hydrogens is 345 g/mol. The van der Waals surface area contributed by atoms with Crippen molar-refractivity contribution >= 4 is 17.5 Å². The van der Waals surface area contributed by atoms with E-state index in [0.29, 0.717) is 36.8 Å². The molecule has 2 aromatic carbocycles. The average Bonchev–Trinajstić information content (AvgIpc) is 2.61. The minimum atomic E-state index is -0.419. The third-order valence-corrected chi connectivity index (χ3v) is 4.03. The summed E-state index contributed by atoms with van der Waals surface area (Å²) >= 11 is 5.81. The first-order chi connectivity index (χ1) is 12.0. The number of ether oxygens (including phenoxy) is 2. The van der Waals surface area contributed by atoms with Gasteiger partial charge in [-0.25, -0.2) is 4.39 Å². The van der Waals surface area contributed by atoms with Crippen molar-refractivity contribution in [2.75, 3.05) is 27.3 Å². The second-order valence-corrected chi connectivity index (χ2v) is 6.02. The maximum Gasteiger partial charge on any atom is 0.222 e. The second-order valence-electron chi connectivity index (χ2n) is 5.59. The van der Waals surface area contributed by atoms with Gasteiger partial charge in [-0.1, -0.05) is 17.7 Å². The van der Waals surface area contributed by atoms with Gasteiger partial charge in [0.05, 0.1) is 13.7 Å². The summed E-state index contributed by atoms with van der Waals surface area (Å²) in [4.78, 5) is 13.8. The van der Waals surface area contributed by atoms with Crippen LogP contribution in [0.5, 0.6) is 11.5 Å². The summed E-state index contributed by atoms with van der Waals surface area (Å²) < 4.78 is 24.1. The largest absolute Gasteiger partial charge is 0.494 e. The minimum absolute atomic E-state index is 0.0177. The molecule has 0 heterocycles. The highest BCUT2D eigenvalue weighted by Crippen LogP contribution is 2.19. The highest BCUT2D eigenvalue weighted by atomic mass is 35.5. The van der Waals surface area contributed by atoms with E-state index in [1.807, 2.05) is 0 Å². The van der Waals surface area contributed by atoms with E-state index < -0.39 is 5.82 Å². The first-order valence-electron chi connectivity index (χ1n) is 7.94. The molecule has 2 aromatic rings. The maximum absolute atomic E-state index is 13.6. The lowest BCUT2D eigenvalue weighted by Gasteiger charge is -2.17. The number of hydrogen-bond acceptors (Lipinski definition) is 3. The average molecular weight is 366 g/mol. The molecule has 0 saturated heterocycles. The molecule has 0 fully saturated rings. The van der Waals surface area contributed by atoms with E-state index in [1.54, 1.807) is 48.3 Å². The van der Waals surface area contributed by atoms with Crippen molar-refractivity contribution in [2.45, 2.75) is 12.8 Å². The smallest absolute Gasteiger partial charge is 0.222 e. The highest BCUT2D eigenvalue weighted by molar-refractivity contribution is 6.30. The summed E-state index contributed by atoms with van der Waals surface area (Å²) in [6, 6.07) is 11.8. The van der Waals surface area contributed by atoms with Crippen molar-refractivity contribution in [3.05, 3.63) is 58.9 Å². The van der Waals surface area contributed by atoms with Crippen LogP contribution in [0, 0.1) is 5.82 Å². The van der Waals surface area contributed by atoms with Gasteiger partial charge in [0.2, 0.25) is 5.91 Å². The fourth-order valence-electron chi connectivity index (χ4n) is 2.26. The van der Waals surface area contributed by atoms with E-state index >= 15 is 0 Å². The zero-order chi connectivity index (χ0) is 18.2. The lowest BCUT2D eigenvalue weighted by Crippen LogP contribution is -2.31. The maximum atomic E-state index is 13.6. The molecule has 0 atom stereocenters. The third-order valence-electron chi connectivity index (χ3n) is 3.78. The first-order valence-corrected chi connectivity index (χ1v) is 8.32. The van der Waals surface area contributed by atoms with Crippen molar-refractivity contribution in [1.29, 1.82) is 0 Å². The second kappa shape index (κ2) is 9.28. The van der Waals surface area contributed by atoms with Gasteiger partial charge in [0.1, 0.15) is 12.4 Å². The van der Waals surface area contributed by atoms with Crippen LogP contribution < -0.4 is 9.47 Å². The van der Waals surface area contributed by atoms with Gasteiger partial charge in [0, 0.05) is 18.5 Å². The molecule has 134 valence electrons. The van der Waals surface area contributed by atoms with Gasteiger partial charge in [-0.05, 0) is 48.4 Å².